The molecule has 1 aliphatic rings. The summed E-state index contributed by atoms with van der Waals surface area (Å²) in [6.45, 7) is 2.83. The minimum Gasteiger partial charge on any atom is -0.312 e. The summed E-state index contributed by atoms with van der Waals surface area (Å²) >= 11 is 9.32. The van der Waals surface area contributed by atoms with Gasteiger partial charge in [0.15, 0.2) is 0 Å². The van der Waals surface area contributed by atoms with Crippen molar-refractivity contribution in [2.75, 3.05) is 11.4 Å². The van der Waals surface area contributed by atoms with Crippen LogP contribution in [0.15, 0.2) is 34.9 Å². The van der Waals surface area contributed by atoms with Crippen LogP contribution in [0.5, 0.6) is 0 Å². The van der Waals surface area contributed by atoms with Gasteiger partial charge < -0.3 is 4.90 Å². The predicted molar refractivity (Wildman–Crippen MR) is 92.5 cm³/mol. The molecule has 1 amide bonds. The van der Waals surface area contributed by atoms with Crippen LogP contribution in [0.3, 0.4) is 0 Å². The number of halogens is 2. The number of fused-ring (bicyclic) bond motifs is 1. The van der Waals surface area contributed by atoms with Gasteiger partial charge in [0, 0.05) is 22.9 Å². The van der Waals surface area contributed by atoms with E-state index in [2.05, 4.69) is 40.0 Å². The van der Waals surface area contributed by atoms with Gasteiger partial charge in [0.2, 0.25) is 5.91 Å². The van der Waals surface area contributed by atoms with Gasteiger partial charge >= 0.3 is 0 Å². The number of anilines is 1. The maximum Gasteiger partial charge on any atom is 0.231 e. The standard InChI is InChI=1S/C17H16BrClN2O/c1-11-7-14(18)9-13-3-2-6-21(17(11)13)16(22)8-12-4-5-15(19)20-10-12/h4-5,7,9-10H,2-3,6,8H2,1H3. The van der Waals surface area contributed by atoms with Gasteiger partial charge in [-0.2, -0.15) is 0 Å². The highest BCUT2D eigenvalue weighted by molar-refractivity contribution is 9.10. The lowest BCUT2D eigenvalue weighted by atomic mass is 9.97. The molecule has 0 bridgehead atoms. The van der Waals surface area contributed by atoms with Gasteiger partial charge in [-0.05, 0) is 54.7 Å². The van der Waals surface area contributed by atoms with Crippen LogP contribution in [0, 0.1) is 6.92 Å². The topological polar surface area (TPSA) is 33.2 Å². The summed E-state index contributed by atoms with van der Waals surface area (Å²) in [5, 5.41) is 0.445. The monoisotopic (exact) mass is 378 g/mol. The van der Waals surface area contributed by atoms with E-state index in [9.17, 15) is 4.79 Å². The number of aryl methyl sites for hydroxylation is 2. The summed E-state index contributed by atoms with van der Waals surface area (Å²) in [7, 11) is 0. The second-order valence-corrected chi connectivity index (χ2v) is 6.85. The third kappa shape index (κ3) is 3.18. The lowest BCUT2D eigenvalue weighted by molar-refractivity contribution is -0.118. The zero-order chi connectivity index (χ0) is 15.7. The van der Waals surface area contributed by atoms with Crippen molar-refractivity contribution < 1.29 is 4.79 Å². The summed E-state index contributed by atoms with van der Waals surface area (Å²) in [5.74, 6) is 0.107. The number of hydrogen-bond acceptors (Lipinski definition) is 2. The molecule has 3 nitrogen and oxygen atoms in total. The number of pyridine rings is 1. The van der Waals surface area contributed by atoms with E-state index in [1.165, 1.54) is 5.56 Å². The SMILES string of the molecule is Cc1cc(Br)cc2c1N(C(=O)Cc1ccc(Cl)nc1)CCC2. The Kier molecular flexibility index (Phi) is 4.50. The van der Waals surface area contributed by atoms with Crippen LogP contribution in [0.4, 0.5) is 5.69 Å². The van der Waals surface area contributed by atoms with Gasteiger partial charge in [0.25, 0.3) is 0 Å². The molecule has 0 unspecified atom stereocenters. The summed E-state index contributed by atoms with van der Waals surface area (Å²) in [5.41, 5.74) is 4.32. The molecule has 1 aliphatic heterocycles. The van der Waals surface area contributed by atoms with Crippen molar-refractivity contribution in [1.29, 1.82) is 0 Å². The Morgan fingerprint density at radius 3 is 2.95 bits per heavy atom. The van der Waals surface area contributed by atoms with E-state index in [4.69, 9.17) is 11.6 Å². The van der Waals surface area contributed by atoms with Crippen molar-refractivity contribution in [1.82, 2.24) is 4.98 Å². The molecule has 1 aromatic heterocycles. The van der Waals surface area contributed by atoms with E-state index in [0.717, 1.165) is 40.7 Å². The third-order valence-corrected chi connectivity index (χ3v) is 4.57. The van der Waals surface area contributed by atoms with Crippen LogP contribution in [-0.4, -0.2) is 17.4 Å². The lowest BCUT2D eigenvalue weighted by Crippen LogP contribution is -2.37. The van der Waals surface area contributed by atoms with Crippen molar-refractivity contribution >= 4 is 39.1 Å². The first kappa shape index (κ1) is 15.5. The van der Waals surface area contributed by atoms with Crippen molar-refractivity contribution in [2.45, 2.75) is 26.2 Å². The van der Waals surface area contributed by atoms with E-state index < -0.39 is 0 Å². The van der Waals surface area contributed by atoms with E-state index in [-0.39, 0.29) is 5.91 Å². The number of carbonyl (C=O) groups excluding carboxylic acids is 1. The van der Waals surface area contributed by atoms with Gasteiger partial charge in [-0.25, -0.2) is 4.98 Å². The molecule has 114 valence electrons. The molecular formula is C17H16BrClN2O. The molecule has 5 heteroatoms. The fraction of sp³-hybridized carbons (Fsp3) is 0.294. The average Bonchev–Trinajstić information content (AvgIpc) is 2.48. The van der Waals surface area contributed by atoms with Crippen molar-refractivity contribution in [3.8, 4) is 0 Å². The van der Waals surface area contributed by atoms with Crippen molar-refractivity contribution in [2.24, 2.45) is 0 Å². The maximum atomic E-state index is 12.7. The molecule has 2 heterocycles. The van der Waals surface area contributed by atoms with Crippen LogP contribution >= 0.6 is 27.5 Å². The van der Waals surface area contributed by atoms with E-state index in [0.29, 0.717) is 11.6 Å². The molecule has 0 aliphatic carbocycles. The highest BCUT2D eigenvalue weighted by atomic mass is 79.9. The van der Waals surface area contributed by atoms with Crippen LogP contribution in [0.1, 0.15) is 23.1 Å². The Morgan fingerprint density at radius 1 is 1.41 bits per heavy atom. The first-order chi connectivity index (χ1) is 10.5. The highest BCUT2D eigenvalue weighted by Gasteiger charge is 2.24. The number of hydrogen-bond donors (Lipinski definition) is 0. The van der Waals surface area contributed by atoms with Gasteiger partial charge in [-0.15, -0.1) is 0 Å². The molecule has 0 saturated heterocycles. The van der Waals surface area contributed by atoms with Crippen LogP contribution in [-0.2, 0) is 17.6 Å². The molecule has 2 aromatic rings. The molecule has 0 radical (unpaired) electrons. The molecule has 0 atom stereocenters. The summed E-state index contributed by atoms with van der Waals surface area (Å²) in [6.07, 6.45) is 4.02. The summed E-state index contributed by atoms with van der Waals surface area (Å²) in [4.78, 5) is 18.7. The smallest absolute Gasteiger partial charge is 0.231 e. The normalized spacial score (nSPS) is 13.9. The predicted octanol–water partition coefficient (Wildman–Crippen LogP) is 4.33. The quantitative estimate of drug-likeness (QED) is 0.728. The molecular weight excluding hydrogens is 364 g/mol. The van der Waals surface area contributed by atoms with E-state index >= 15 is 0 Å². The van der Waals surface area contributed by atoms with E-state index in [1.54, 1.807) is 12.3 Å². The van der Waals surface area contributed by atoms with Gasteiger partial charge in [-0.3, -0.25) is 4.79 Å². The molecule has 1 aromatic carbocycles. The highest BCUT2D eigenvalue weighted by Crippen LogP contribution is 2.33. The molecule has 3 rings (SSSR count). The van der Waals surface area contributed by atoms with Gasteiger partial charge in [0.05, 0.1) is 6.42 Å². The zero-order valence-corrected chi connectivity index (χ0v) is 14.6. The first-order valence-electron chi connectivity index (χ1n) is 7.24. The average molecular weight is 380 g/mol. The fourth-order valence-electron chi connectivity index (χ4n) is 2.95. The first-order valence-corrected chi connectivity index (χ1v) is 8.41. The fourth-order valence-corrected chi connectivity index (χ4v) is 3.68. The molecule has 0 saturated carbocycles. The minimum absolute atomic E-state index is 0.107. The van der Waals surface area contributed by atoms with Gasteiger partial charge in [0.1, 0.15) is 5.15 Å². The number of benzene rings is 1. The number of carbonyl (C=O) groups is 1. The second-order valence-electron chi connectivity index (χ2n) is 5.55. The second kappa shape index (κ2) is 6.39. The Labute approximate surface area is 143 Å². The number of nitrogens with zero attached hydrogens (tertiary/aromatic N) is 2. The Morgan fingerprint density at radius 2 is 2.23 bits per heavy atom. The van der Waals surface area contributed by atoms with Crippen LogP contribution < -0.4 is 4.90 Å². The molecule has 22 heavy (non-hydrogen) atoms. The number of rotatable bonds is 2. The third-order valence-electron chi connectivity index (χ3n) is 3.89. The van der Waals surface area contributed by atoms with Crippen LogP contribution in [0.2, 0.25) is 5.15 Å². The minimum atomic E-state index is 0.107. The van der Waals surface area contributed by atoms with Crippen LogP contribution in [0.25, 0.3) is 0 Å². The van der Waals surface area contributed by atoms with Crippen molar-refractivity contribution in [3.05, 3.63) is 56.8 Å². The number of aromatic nitrogens is 1. The maximum absolute atomic E-state index is 12.7. The number of amides is 1. The van der Waals surface area contributed by atoms with Crippen molar-refractivity contribution in [3.63, 3.8) is 0 Å². The van der Waals surface area contributed by atoms with Gasteiger partial charge in [-0.1, -0.05) is 33.6 Å². The molecule has 0 N–H and O–H groups in total. The lowest BCUT2D eigenvalue weighted by Gasteiger charge is -2.31. The molecule has 0 fully saturated rings. The van der Waals surface area contributed by atoms with E-state index in [1.807, 2.05) is 11.0 Å². The zero-order valence-electron chi connectivity index (χ0n) is 12.3. The largest absolute Gasteiger partial charge is 0.312 e. The summed E-state index contributed by atoms with van der Waals surface area (Å²) < 4.78 is 1.07. The molecule has 0 spiro atoms. The summed E-state index contributed by atoms with van der Waals surface area (Å²) in [6, 6.07) is 7.75. The Balaban J connectivity index is 1.87. The Bertz CT molecular complexity index is 715. The Hall–Kier alpha value is -1.39.